The van der Waals surface area contributed by atoms with Crippen LogP contribution < -0.4 is 15.5 Å². The Morgan fingerprint density at radius 1 is 1.13 bits per heavy atom. The van der Waals surface area contributed by atoms with Crippen LogP contribution in [0, 0.1) is 0 Å². The lowest BCUT2D eigenvalue weighted by Crippen LogP contribution is -2.28. The van der Waals surface area contributed by atoms with Gasteiger partial charge in [-0.25, -0.2) is 14.7 Å². The zero-order valence-corrected chi connectivity index (χ0v) is 21.2. The highest BCUT2D eigenvalue weighted by Crippen LogP contribution is 2.30. The fraction of sp³-hybridized carbons (Fsp3) is 0.0741. The van der Waals surface area contributed by atoms with Gasteiger partial charge in [0, 0.05) is 40.8 Å². The first kappa shape index (κ1) is 24.7. The largest absolute Gasteiger partial charge is 0.443 e. The van der Waals surface area contributed by atoms with Gasteiger partial charge in [-0.15, -0.1) is 11.3 Å². The minimum absolute atomic E-state index is 0.0907. The summed E-state index contributed by atoms with van der Waals surface area (Å²) in [5.74, 6) is 0.180. The fourth-order valence-corrected chi connectivity index (χ4v) is 4.68. The van der Waals surface area contributed by atoms with Gasteiger partial charge in [0.1, 0.15) is 12.4 Å². The number of thiophene rings is 1. The van der Waals surface area contributed by atoms with E-state index in [1.54, 1.807) is 65.8 Å². The number of amides is 2. The van der Waals surface area contributed by atoms with Crippen molar-refractivity contribution in [2.45, 2.75) is 6.61 Å². The third-order valence-electron chi connectivity index (χ3n) is 5.39. The SMILES string of the molecule is C=CC(=O)Nc1cccc(N(C(=O)OCc2cc3ccccc3s2)c2ccnc(Nc3cnn(C)c3)n2)c1. The molecule has 0 aliphatic rings. The van der Waals surface area contributed by atoms with Gasteiger partial charge >= 0.3 is 6.09 Å². The third-order valence-corrected chi connectivity index (χ3v) is 6.47. The van der Waals surface area contributed by atoms with Gasteiger partial charge in [-0.2, -0.15) is 10.1 Å². The van der Waals surface area contributed by atoms with Crippen molar-refractivity contribution >= 4 is 62.3 Å². The molecule has 0 saturated carbocycles. The number of nitrogens with zero attached hydrogens (tertiary/aromatic N) is 5. The number of carbonyl (C=O) groups excluding carboxylic acids is 2. The Hall–Kier alpha value is -5.03. The van der Waals surface area contributed by atoms with Crippen molar-refractivity contribution in [1.82, 2.24) is 19.7 Å². The predicted octanol–water partition coefficient (Wildman–Crippen LogP) is 5.77. The lowest BCUT2D eigenvalue weighted by molar-refractivity contribution is -0.111. The summed E-state index contributed by atoms with van der Waals surface area (Å²) < 4.78 is 8.49. The molecule has 2 aromatic carbocycles. The van der Waals surface area contributed by atoms with Crippen molar-refractivity contribution in [2.24, 2.45) is 7.05 Å². The summed E-state index contributed by atoms with van der Waals surface area (Å²) in [6.07, 6.45) is 5.49. The van der Waals surface area contributed by atoms with Crippen LogP contribution in [-0.4, -0.2) is 31.7 Å². The second-order valence-electron chi connectivity index (χ2n) is 8.15. The van der Waals surface area contributed by atoms with Crippen LogP contribution in [0.4, 0.5) is 33.6 Å². The van der Waals surface area contributed by atoms with Gasteiger partial charge in [0.05, 0.1) is 17.6 Å². The predicted molar refractivity (Wildman–Crippen MR) is 148 cm³/mol. The van der Waals surface area contributed by atoms with Crippen molar-refractivity contribution < 1.29 is 14.3 Å². The average Bonchev–Trinajstić information content (AvgIpc) is 3.53. The normalized spacial score (nSPS) is 10.7. The van der Waals surface area contributed by atoms with E-state index >= 15 is 0 Å². The number of hydrogen-bond donors (Lipinski definition) is 2. The zero-order chi connectivity index (χ0) is 26.5. The van der Waals surface area contributed by atoms with Gasteiger partial charge < -0.3 is 15.4 Å². The second kappa shape index (κ2) is 10.9. The lowest BCUT2D eigenvalue weighted by atomic mass is 10.2. The van der Waals surface area contributed by atoms with Gasteiger partial charge in [0.15, 0.2) is 0 Å². The van der Waals surface area contributed by atoms with Gasteiger partial charge in [0.2, 0.25) is 11.9 Å². The Morgan fingerprint density at radius 2 is 2.00 bits per heavy atom. The van der Waals surface area contributed by atoms with Crippen LogP contribution >= 0.6 is 11.3 Å². The number of ether oxygens (including phenoxy) is 1. The van der Waals surface area contributed by atoms with Gasteiger partial charge in [-0.3, -0.25) is 9.48 Å². The molecule has 2 amide bonds. The van der Waals surface area contributed by atoms with Crippen molar-refractivity contribution in [3.63, 3.8) is 0 Å². The molecule has 11 heteroatoms. The molecule has 0 unspecified atom stereocenters. The molecule has 0 bridgehead atoms. The monoisotopic (exact) mass is 525 g/mol. The zero-order valence-electron chi connectivity index (χ0n) is 20.4. The standard InChI is InChI=1S/C27H23N7O3S/c1-3-25(35)30-19-8-6-9-21(14-19)34(24-11-12-28-26(32-24)31-20-15-29-33(2)16-20)27(36)37-17-22-13-18-7-4-5-10-23(18)38-22/h3-16H,1,17H2,2H3,(H,30,35)(H,28,31,32). The highest BCUT2D eigenvalue weighted by atomic mass is 32.1. The number of rotatable bonds is 8. The summed E-state index contributed by atoms with van der Waals surface area (Å²) in [5, 5.41) is 11.0. The highest BCUT2D eigenvalue weighted by Gasteiger charge is 2.23. The highest BCUT2D eigenvalue weighted by molar-refractivity contribution is 7.19. The van der Waals surface area contributed by atoms with E-state index in [0.29, 0.717) is 17.1 Å². The lowest BCUT2D eigenvalue weighted by Gasteiger charge is -2.22. The molecule has 10 nitrogen and oxygen atoms in total. The van der Waals surface area contributed by atoms with Crippen LogP contribution in [0.15, 0.2) is 91.9 Å². The van der Waals surface area contributed by atoms with E-state index in [-0.39, 0.29) is 24.3 Å². The quantitative estimate of drug-likeness (QED) is 0.247. The van der Waals surface area contributed by atoms with Crippen molar-refractivity contribution in [3.05, 3.63) is 96.8 Å². The number of aromatic nitrogens is 4. The Balaban J connectivity index is 1.45. The summed E-state index contributed by atoms with van der Waals surface area (Å²) in [6.45, 7) is 3.57. The molecule has 0 spiro atoms. The maximum absolute atomic E-state index is 13.5. The molecule has 5 rings (SSSR count). The maximum Gasteiger partial charge on any atom is 0.420 e. The number of hydrogen-bond acceptors (Lipinski definition) is 8. The Kier molecular flexibility index (Phi) is 7.09. The van der Waals surface area contributed by atoms with Crippen LogP contribution in [0.2, 0.25) is 0 Å². The molecule has 0 aliphatic carbocycles. The average molecular weight is 526 g/mol. The number of carbonyl (C=O) groups is 2. The van der Waals surface area contributed by atoms with Crippen molar-refractivity contribution in [1.29, 1.82) is 0 Å². The number of nitrogens with one attached hydrogen (secondary N) is 2. The van der Waals surface area contributed by atoms with Gasteiger partial charge in [0.25, 0.3) is 0 Å². The minimum atomic E-state index is -0.638. The van der Waals surface area contributed by atoms with Crippen molar-refractivity contribution in [2.75, 3.05) is 15.5 Å². The first-order valence-electron chi connectivity index (χ1n) is 11.5. The molecule has 0 atom stereocenters. The summed E-state index contributed by atoms with van der Waals surface area (Å²) in [5.41, 5.74) is 1.62. The number of anilines is 5. The summed E-state index contributed by atoms with van der Waals surface area (Å²) in [6, 6.07) is 18.4. The molecule has 3 aromatic heterocycles. The van der Waals surface area contributed by atoms with Crippen LogP contribution in [0.5, 0.6) is 0 Å². The number of benzene rings is 2. The van der Waals surface area contributed by atoms with E-state index in [1.807, 2.05) is 30.3 Å². The van der Waals surface area contributed by atoms with E-state index in [2.05, 4.69) is 32.3 Å². The van der Waals surface area contributed by atoms with Gasteiger partial charge in [-0.05, 0) is 41.8 Å². The molecule has 190 valence electrons. The number of aryl methyl sites for hydroxylation is 1. The molecule has 2 N–H and O–H groups in total. The summed E-state index contributed by atoms with van der Waals surface area (Å²) >= 11 is 1.56. The van der Waals surface area contributed by atoms with Crippen molar-refractivity contribution in [3.8, 4) is 0 Å². The smallest absolute Gasteiger partial charge is 0.420 e. The first-order valence-corrected chi connectivity index (χ1v) is 12.4. The Bertz CT molecular complexity index is 1590. The first-order chi connectivity index (χ1) is 18.5. The Labute approximate surface area is 222 Å². The van der Waals surface area contributed by atoms with E-state index in [0.717, 1.165) is 15.0 Å². The molecule has 0 aliphatic heterocycles. The van der Waals surface area contributed by atoms with Gasteiger partial charge in [-0.1, -0.05) is 30.8 Å². The van der Waals surface area contributed by atoms with Crippen LogP contribution in [-0.2, 0) is 23.2 Å². The van der Waals surface area contributed by atoms with E-state index < -0.39 is 6.09 Å². The minimum Gasteiger partial charge on any atom is -0.443 e. The maximum atomic E-state index is 13.5. The van der Waals surface area contributed by atoms with E-state index in [1.165, 1.54) is 17.2 Å². The Morgan fingerprint density at radius 3 is 2.79 bits per heavy atom. The van der Waals surface area contributed by atoms with E-state index in [9.17, 15) is 9.59 Å². The molecular weight excluding hydrogens is 502 g/mol. The molecule has 0 radical (unpaired) electrons. The third kappa shape index (κ3) is 5.68. The molecular formula is C27H23N7O3S. The van der Waals surface area contributed by atoms with Crippen LogP contribution in [0.25, 0.3) is 10.1 Å². The van der Waals surface area contributed by atoms with Crippen LogP contribution in [0.1, 0.15) is 4.88 Å². The van der Waals surface area contributed by atoms with E-state index in [4.69, 9.17) is 4.74 Å². The molecule has 3 heterocycles. The number of fused-ring (bicyclic) bond motifs is 1. The summed E-state index contributed by atoms with van der Waals surface area (Å²) in [4.78, 5) is 36.4. The fourth-order valence-electron chi connectivity index (χ4n) is 3.70. The molecule has 5 aromatic rings. The topological polar surface area (TPSA) is 114 Å². The molecule has 0 fully saturated rings. The summed E-state index contributed by atoms with van der Waals surface area (Å²) in [7, 11) is 1.80. The van der Waals surface area contributed by atoms with Crippen LogP contribution in [0.3, 0.4) is 0 Å². The molecule has 0 saturated heterocycles. The second-order valence-corrected chi connectivity index (χ2v) is 9.32. The molecule has 38 heavy (non-hydrogen) atoms.